The molecular weight excluding hydrogens is 492 g/mol. The van der Waals surface area contributed by atoms with E-state index in [1.807, 2.05) is 24.3 Å². The van der Waals surface area contributed by atoms with Crippen molar-refractivity contribution in [1.29, 1.82) is 0 Å². The topological polar surface area (TPSA) is 66.2 Å². The van der Waals surface area contributed by atoms with E-state index < -0.39 is 0 Å². The predicted molar refractivity (Wildman–Crippen MR) is 169 cm³/mol. The number of aryl methyl sites for hydroxylation is 1. The summed E-state index contributed by atoms with van der Waals surface area (Å²) in [5.41, 5.74) is 4.61. The highest BCUT2D eigenvalue weighted by atomic mass is 16.3. The van der Waals surface area contributed by atoms with Gasteiger partial charge in [-0.25, -0.2) is 4.98 Å². The van der Waals surface area contributed by atoms with Crippen molar-refractivity contribution in [3.05, 3.63) is 60.4 Å². The molecular formula is C36H52N2O2. The van der Waals surface area contributed by atoms with Gasteiger partial charge < -0.3 is 10.2 Å². The molecule has 2 N–H and O–H groups in total. The summed E-state index contributed by atoms with van der Waals surface area (Å²) in [4.78, 5) is 9.75. The number of phenols is 2. The second-order valence-electron chi connectivity index (χ2n) is 11.4. The monoisotopic (exact) mass is 544 g/mol. The maximum Gasteiger partial charge on any atom is 0.115 e. The fraction of sp³-hybridized carbons (Fsp3) is 0.556. The van der Waals surface area contributed by atoms with Crippen molar-refractivity contribution in [2.24, 2.45) is 0 Å². The molecule has 4 heteroatoms. The third-order valence-electron chi connectivity index (χ3n) is 7.92. The highest BCUT2D eigenvalue weighted by Crippen LogP contribution is 2.27. The Kier molecular flexibility index (Phi) is 15.2. The van der Waals surface area contributed by atoms with Crippen LogP contribution in [-0.4, -0.2) is 20.2 Å². The lowest BCUT2D eigenvalue weighted by atomic mass is 10.0. The molecule has 0 fully saturated rings. The predicted octanol–water partition coefficient (Wildman–Crippen LogP) is 10.8. The number of phenolic OH excluding ortho intramolecular Hbond substituents is 2. The minimum atomic E-state index is 0.247. The van der Waals surface area contributed by atoms with Crippen LogP contribution in [-0.2, 0) is 6.42 Å². The largest absolute Gasteiger partial charge is 0.508 e. The number of rotatable bonds is 21. The highest BCUT2D eigenvalue weighted by molar-refractivity contribution is 5.66. The molecule has 0 aliphatic carbocycles. The van der Waals surface area contributed by atoms with E-state index >= 15 is 0 Å². The van der Waals surface area contributed by atoms with Crippen molar-refractivity contribution in [3.8, 4) is 34.0 Å². The van der Waals surface area contributed by atoms with E-state index in [2.05, 4.69) is 6.92 Å². The second-order valence-corrected chi connectivity index (χ2v) is 11.4. The standard InChI is InChI=1S/C36H52N2O2/c1-2-3-4-5-6-7-8-9-10-11-12-13-14-15-16-17-18-19-20-34-36(31-23-27-33(40)28-24-31)37-29-35(38-34)30-21-25-32(39)26-22-30/h21-29,39-40H,2-20H2,1H3. The third-order valence-corrected chi connectivity index (χ3v) is 7.92. The molecule has 0 spiro atoms. The molecule has 218 valence electrons. The number of hydrogen-bond acceptors (Lipinski definition) is 4. The van der Waals surface area contributed by atoms with Crippen LogP contribution < -0.4 is 0 Å². The summed E-state index contributed by atoms with van der Waals surface area (Å²) in [5, 5.41) is 19.3. The fourth-order valence-corrected chi connectivity index (χ4v) is 5.43. The first kappa shape index (κ1) is 31.6. The Morgan fingerprint density at radius 2 is 0.900 bits per heavy atom. The zero-order valence-electron chi connectivity index (χ0n) is 24.9. The van der Waals surface area contributed by atoms with E-state index in [0.29, 0.717) is 0 Å². The van der Waals surface area contributed by atoms with E-state index in [-0.39, 0.29) is 11.5 Å². The smallest absolute Gasteiger partial charge is 0.115 e. The zero-order valence-corrected chi connectivity index (χ0v) is 24.9. The van der Waals surface area contributed by atoms with Crippen molar-refractivity contribution in [2.45, 2.75) is 129 Å². The summed E-state index contributed by atoms with van der Waals surface area (Å²) < 4.78 is 0. The number of aromatic hydroxyl groups is 2. The van der Waals surface area contributed by atoms with Gasteiger partial charge in [0.1, 0.15) is 11.5 Å². The molecule has 0 aliphatic rings. The number of nitrogens with zero attached hydrogens (tertiary/aromatic N) is 2. The van der Waals surface area contributed by atoms with Gasteiger partial charge in [0.15, 0.2) is 0 Å². The van der Waals surface area contributed by atoms with Crippen LogP contribution in [0.5, 0.6) is 11.5 Å². The minimum absolute atomic E-state index is 0.247. The highest BCUT2D eigenvalue weighted by Gasteiger charge is 2.12. The summed E-state index contributed by atoms with van der Waals surface area (Å²) in [6.07, 6.45) is 27.4. The molecule has 4 nitrogen and oxygen atoms in total. The molecule has 0 aliphatic heterocycles. The maximum atomic E-state index is 9.70. The molecule has 0 radical (unpaired) electrons. The number of benzene rings is 2. The van der Waals surface area contributed by atoms with E-state index in [9.17, 15) is 10.2 Å². The minimum Gasteiger partial charge on any atom is -0.508 e. The Morgan fingerprint density at radius 3 is 1.35 bits per heavy atom. The summed E-state index contributed by atoms with van der Waals surface area (Å²) in [6, 6.07) is 14.3. The van der Waals surface area contributed by atoms with Crippen molar-refractivity contribution in [3.63, 3.8) is 0 Å². The van der Waals surface area contributed by atoms with Gasteiger partial charge in [-0.3, -0.25) is 4.98 Å². The van der Waals surface area contributed by atoms with E-state index in [1.165, 1.54) is 109 Å². The fourth-order valence-electron chi connectivity index (χ4n) is 5.43. The van der Waals surface area contributed by atoms with Crippen LogP contribution in [0.15, 0.2) is 54.7 Å². The maximum absolute atomic E-state index is 9.70. The van der Waals surface area contributed by atoms with E-state index in [1.54, 1.807) is 30.5 Å². The summed E-state index contributed by atoms with van der Waals surface area (Å²) in [5.74, 6) is 0.499. The molecule has 1 aromatic heterocycles. The van der Waals surface area contributed by atoms with Gasteiger partial charge in [0.2, 0.25) is 0 Å². The molecule has 0 saturated heterocycles. The van der Waals surface area contributed by atoms with E-state index in [4.69, 9.17) is 9.97 Å². The second kappa shape index (κ2) is 19.2. The van der Waals surface area contributed by atoms with Crippen LogP contribution >= 0.6 is 0 Å². The van der Waals surface area contributed by atoms with Gasteiger partial charge in [-0.2, -0.15) is 0 Å². The Labute approximate surface area is 243 Å². The Morgan fingerprint density at radius 1 is 0.500 bits per heavy atom. The van der Waals surface area contributed by atoms with Crippen molar-refractivity contribution >= 4 is 0 Å². The van der Waals surface area contributed by atoms with Crippen LogP contribution in [0.25, 0.3) is 22.5 Å². The molecule has 0 saturated carbocycles. The van der Waals surface area contributed by atoms with E-state index in [0.717, 1.165) is 41.1 Å². The first-order valence-electron chi connectivity index (χ1n) is 16.1. The lowest BCUT2D eigenvalue weighted by molar-refractivity contribution is 0.475. The van der Waals surface area contributed by atoms with Crippen LogP contribution in [0.3, 0.4) is 0 Å². The number of aromatic nitrogens is 2. The van der Waals surface area contributed by atoms with Crippen molar-refractivity contribution < 1.29 is 10.2 Å². The Bertz CT molecular complexity index is 1060. The van der Waals surface area contributed by atoms with Crippen LogP contribution in [0, 0.1) is 0 Å². The molecule has 0 unspecified atom stereocenters. The van der Waals surface area contributed by atoms with Gasteiger partial charge in [-0.05, 0) is 61.4 Å². The number of unbranched alkanes of at least 4 members (excludes halogenated alkanes) is 17. The first-order chi connectivity index (χ1) is 19.7. The molecule has 3 rings (SSSR count). The quantitative estimate of drug-likeness (QED) is 0.131. The average molecular weight is 545 g/mol. The van der Waals surface area contributed by atoms with Gasteiger partial charge in [-0.15, -0.1) is 0 Å². The molecule has 40 heavy (non-hydrogen) atoms. The van der Waals surface area contributed by atoms with Gasteiger partial charge in [0, 0.05) is 11.1 Å². The summed E-state index contributed by atoms with van der Waals surface area (Å²) >= 11 is 0. The summed E-state index contributed by atoms with van der Waals surface area (Å²) in [6.45, 7) is 2.29. The molecule has 0 amide bonds. The normalized spacial score (nSPS) is 11.2. The Hall–Kier alpha value is -2.88. The molecule has 2 aromatic carbocycles. The SMILES string of the molecule is CCCCCCCCCCCCCCCCCCCCc1nc(-c2ccc(O)cc2)cnc1-c1ccc(O)cc1. The van der Waals surface area contributed by atoms with Gasteiger partial charge in [-0.1, -0.05) is 116 Å². The van der Waals surface area contributed by atoms with Crippen LogP contribution in [0.1, 0.15) is 128 Å². The molecule has 0 atom stereocenters. The lowest BCUT2D eigenvalue weighted by Crippen LogP contribution is -2.00. The first-order valence-corrected chi connectivity index (χ1v) is 16.1. The number of hydrogen-bond donors (Lipinski definition) is 2. The van der Waals surface area contributed by atoms with Crippen LogP contribution in [0.4, 0.5) is 0 Å². The van der Waals surface area contributed by atoms with Crippen molar-refractivity contribution in [2.75, 3.05) is 0 Å². The van der Waals surface area contributed by atoms with Crippen molar-refractivity contribution in [1.82, 2.24) is 9.97 Å². The lowest BCUT2D eigenvalue weighted by Gasteiger charge is -2.11. The summed E-state index contributed by atoms with van der Waals surface area (Å²) in [7, 11) is 0. The average Bonchev–Trinajstić information content (AvgIpc) is 2.97. The third kappa shape index (κ3) is 12.1. The molecule has 0 bridgehead atoms. The van der Waals surface area contributed by atoms with Gasteiger partial charge in [0.25, 0.3) is 0 Å². The van der Waals surface area contributed by atoms with Gasteiger partial charge >= 0.3 is 0 Å². The van der Waals surface area contributed by atoms with Crippen LogP contribution in [0.2, 0.25) is 0 Å². The Balaban J connectivity index is 1.31. The molecule has 1 heterocycles. The zero-order chi connectivity index (χ0) is 28.3. The molecule has 3 aromatic rings. The van der Waals surface area contributed by atoms with Gasteiger partial charge in [0.05, 0.1) is 23.3 Å².